The second kappa shape index (κ2) is 9.38. The van der Waals surface area contributed by atoms with Gasteiger partial charge in [0.15, 0.2) is 11.6 Å². The summed E-state index contributed by atoms with van der Waals surface area (Å²) in [6.07, 6.45) is 2.60. The van der Waals surface area contributed by atoms with E-state index in [1.54, 1.807) is 28.9 Å². The van der Waals surface area contributed by atoms with Crippen molar-refractivity contribution < 1.29 is 31.8 Å². The molecule has 0 radical (unpaired) electrons. The average Bonchev–Trinajstić information content (AvgIpc) is 3.59. The van der Waals surface area contributed by atoms with Crippen LogP contribution in [0, 0.1) is 17.5 Å². The van der Waals surface area contributed by atoms with Crippen LogP contribution in [0.2, 0.25) is 0 Å². The van der Waals surface area contributed by atoms with Crippen molar-refractivity contribution in [2.45, 2.75) is 6.61 Å². The Kier molecular flexibility index (Phi) is 5.87. The molecule has 0 saturated heterocycles. The van der Waals surface area contributed by atoms with Gasteiger partial charge >= 0.3 is 0 Å². The number of pyridine rings is 1. The zero-order chi connectivity index (χ0) is 26.4. The second-order valence-corrected chi connectivity index (χ2v) is 9.11. The summed E-state index contributed by atoms with van der Waals surface area (Å²) in [6.45, 7) is -0.0553. The highest BCUT2D eigenvalue weighted by Gasteiger charge is 2.18. The summed E-state index contributed by atoms with van der Waals surface area (Å²) in [5, 5.41) is 5.40. The molecule has 0 aliphatic heterocycles. The van der Waals surface area contributed by atoms with E-state index in [2.05, 4.69) is 15.1 Å². The Labute approximate surface area is 216 Å². The largest absolute Gasteiger partial charge is 0.496 e. The van der Waals surface area contributed by atoms with Gasteiger partial charge in [0.2, 0.25) is 4.96 Å². The van der Waals surface area contributed by atoms with Gasteiger partial charge in [-0.2, -0.15) is 0 Å². The summed E-state index contributed by atoms with van der Waals surface area (Å²) in [5.41, 5.74) is 1.47. The van der Waals surface area contributed by atoms with Crippen molar-refractivity contribution in [3.05, 3.63) is 77.9 Å². The molecule has 0 fully saturated rings. The van der Waals surface area contributed by atoms with Gasteiger partial charge in [0.1, 0.15) is 46.7 Å². The molecule has 0 N–H and O–H groups in total. The van der Waals surface area contributed by atoms with Gasteiger partial charge in [0, 0.05) is 23.8 Å². The van der Waals surface area contributed by atoms with Gasteiger partial charge in [-0.05, 0) is 41.2 Å². The van der Waals surface area contributed by atoms with Crippen molar-refractivity contribution >= 4 is 27.3 Å². The number of hydrogen-bond acceptors (Lipinski definition) is 8. The molecule has 192 valence electrons. The van der Waals surface area contributed by atoms with Crippen LogP contribution in [0.4, 0.5) is 13.2 Å². The number of methoxy groups -OCH3 is 2. The highest BCUT2D eigenvalue weighted by Crippen LogP contribution is 2.38. The first-order valence-corrected chi connectivity index (χ1v) is 12.0. The average molecular weight is 539 g/mol. The molecule has 6 aromatic rings. The van der Waals surface area contributed by atoms with Gasteiger partial charge in [-0.3, -0.25) is 4.98 Å². The molecular weight excluding hydrogens is 521 g/mol. The van der Waals surface area contributed by atoms with Gasteiger partial charge in [-0.1, -0.05) is 0 Å². The Balaban J connectivity index is 1.32. The van der Waals surface area contributed by atoms with Crippen molar-refractivity contribution in [2.75, 3.05) is 14.2 Å². The van der Waals surface area contributed by atoms with Crippen molar-refractivity contribution in [1.29, 1.82) is 0 Å². The Hall–Kier alpha value is -4.58. The van der Waals surface area contributed by atoms with Crippen LogP contribution in [-0.2, 0) is 6.61 Å². The van der Waals surface area contributed by atoms with Crippen molar-refractivity contribution in [1.82, 2.24) is 19.6 Å². The number of halogens is 3. The predicted octanol–water partition coefficient (Wildman–Crippen LogP) is 6.28. The van der Waals surface area contributed by atoms with E-state index < -0.39 is 17.5 Å². The lowest BCUT2D eigenvalue weighted by molar-refractivity contribution is 0.307. The van der Waals surface area contributed by atoms with E-state index in [0.29, 0.717) is 55.7 Å². The number of furan rings is 1. The van der Waals surface area contributed by atoms with Gasteiger partial charge in [0.25, 0.3) is 5.19 Å². The number of fused-ring (bicyclic) bond motifs is 2. The number of nitrogens with zero attached hydrogens (tertiary/aromatic N) is 4. The van der Waals surface area contributed by atoms with Crippen molar-refractivity contribution in [3.63, 3.8) is 0 Å². The fourth-order valence-corrected chi connectivity index (χ4v) is 4.69. The van der Waals surface area contributed by atoms with E-state index in [4.69, 9.17) is 18.6 Å². The third-order valence-electron chi connectivity index (χ3n) is 5.69. The highest BCUT2D eigenvalue weighted by molar-refractivity contribution is 7.18. The molecule has 12 heteroatoms. The van der Waals surface area contributed by atoms with Crippen molar-refractivity contribution in [2.24, 2.45) is 0 Å². The molecule has 0 amide bonds. The molecule has 0 saturated carbocycles. The number of ether oxygens (including phenoxy) is 3. The predicted molar refractivity (Wildman–Crippen MR) is 133 cm³/mol. The van der Waals surface area contributed by atoms with Crippen LogP contribution in [-0.4, -0.2) is 33.8 Å². The first-order chi connectivity index (χ1) is 18.4. The summed E-state index contributed by atoms with van der Waals surface area (Å²) >= 11 is 1.29. The maximum absolute atomic E-state index is 14.4. The Morgan fingerprint density at radius 2 is 1.84 bits per heavy atom. The van der Waals surface area contributed by atoms with Crippen LogP contribution < -0.4 is 14.2 Å². The van der Waals surface area contributed by atoms with E-state index >= 15 is 0 Å². The van der Waals surface area contributed by atoms with E-state index in [9.17, 15) is 13.2 Å². The van der Waals surface area contributed by atoms with Gasteiger partial charge in [-0.15, -0.1) is 5.10 Å². The minimum Gasteiger partial charge on any atom is -0.496 e. The molecule has 0 unspecified atom stereocenters. The maximum Gasteiger partial charge on any atom is 0.294 e. The van der Waals surface area contributed by atoms with Gasteiger partial charge in [-0.25, -0.2) is 22.7 Å². The Morgan fingerprint density at radius 3 is 2.61 bits per heavy atom. The molecule has 38 heavy (non-hydrogen) atoms. The molecule has 4 aromatic heterocycles. The molecular formula is C26H17F3N4O4S. The molecule has 0 aliphatic carbocycles. The fourth-order valence-electron chi connectivity index (χ4n) is 3.99. The SMILES string of the molecule is COc1cc(OCc2cc(F)cc(-c3ncc(F)cc3F)c2)c2cc(-c3cn4nc(OC)sc4n3)oc2c1. The molecule has 0 bridgehead atoms. The number of aromatic nitrogens is 4. The first-order valence-electron chi connectivity index (χ1n) is 11.2. The number of hydrogen-bond donors (Lipinski definition) is 0. The Bertz CT molecular complexity index is 1780. The van der Waals surface area contributed by atoms with E-state index in [1.807, 2.05) is 0 Å². The summed E-state index contributed by atoms with van der Waals surface area (Å²) < 4.78 is 66.1. The van der Waals surface area contributed by atoms with Gasteiger partial charge in [0.05, 0.1) is 32.0 Å². The number of imidazole rings is 1. The molecule has 8 nitrogen and oxygen atoms in total. The van der Waals surface area contributed by atoms with Crippen LogP contribution in [0.1, 0.15) is 5.56 Å². The lowest BCUT2D eigenvalue weighted by Gasteiger charge is -2.11. The van der Waals surface area contributed by atoms with E-state index in [-0.39, 0.29) is 17.9 Å². The third kappa shape index (κ3) is 4.39. The third-order valence-corrected chi connectivity index (χ3v) is 6.58. The van der Waals surface area contributed by atoms with Crippen LogP contribution in [0.3, 0.4) is 0 Å². The highest BCUT2D eigenvalue weighted by atomic mass is 32.1. The molecule has 4 heterocycles. The van der Waals surface area contributed by atoms with Crippen LogP contribution in [0.15, 0.2) is 59.3 Å². The molecule has 2 aromatic carbocycles. The number of rotatable bonds is 7. The lowest BCUT2D eigenvalue weighted by atomic mass is 10.1. The van der Waals surface area contributed by atoms with E-state index in [1.165, 1.54) is 37.7 Å². The van der Waals surface area contributed by atoms with Crippen LogP contribution in [0.5, 0.6) is 16.7 Å². The smallest absolute Gasteiger partial charge is 0.294 e. The molecule has 0 aliphatic rings. The van der Waals surface area contributed by atoms with Crippen LogP contribution >= 0.6 is 11.3 Å². The molecule has 6 rings (SSSR count). The van der Waals surface area contributed by atoms with Gasteiger partial charge < -0.3 is 18.6 Å². The lowest BCUT2D eigenvalue weighted by Crippen LogP contribution is -1.99. The second-order valence-electron chi connectivity index (χ2n) is 8.19. The molecule has 0 atom stereocenters. The summed E-state index contributed by atoms with van der Waals surface area (Å²) in [5.74, 6) is -0.927. The van der Waals surface area contributed by atoms with Crippen LogP contribution in [0.25, 0.3) is 38.6 Å². The number of benzene rings is 2. The topological polar surface area (TPSA) is 83.9 Å². The zero-order valence-electron chi connectivity index (χ0n) is 19.9. The standard InChI is InChI=1S/C26H17F3N4O4S/c1-34-17-7-21(36-12-13-3-14(5-15(27)4-13)24-19(29)6-16(28)10-30-24)18-9-23(37-22(18)8-17)20-11-33-25(31-20)38-26(32-33)35-2/h3-11H,12H2,1-2H3. The van der Waals surface area contributed by atoms with E-state index in [0.717, 1.165) is 12.3 Å². The minimum atomic E-state index is -0.893. The minimum absolute atomic E-state index is 0.0553. The zero-order valence-corrected chi connectivity index (χ0v) is 20.7. The maximum atomic E-state index is 14.4. The summed E-state index contributed by atoms with van der Waals surface area (Å²) in [6, 6.07) is 9.80. The monoisotopic (exact) mass is 538 g/mol. The Morgan fingerprint density at radius 1 is 0.974 bits per heavy atom. The quantitative estimate of drug-likeness (QED) is 0.237. The molecule has 0 spiro atoms. The van der Waals surface area contributed by atoms with Crippen molar-refractivity contribution in [3.8, 4) is 39.4 Å². The fraction of sp³-hybridized carbons (Fsp3) is 0.115. The summed E-state index contributed by atoms with van der Waals surface area (Å²) in [7, 11) is 3.05. The first kappa shape index (κ1) is 23.8. The normalized spacial score (nSPS) is 11.4. The summed E-state index contributed by atoms with van der Waals surface area (Å²) in [4.78, 5) is 8.94.